The number of hydrogen-bond donors (Lipinski definition) is 0. The van der Waals surface area contributed by atoms with Gasteiger partial charge in [-0.05, 0) is 24.6 Å². The lowest BCUT2D eigenvalue weighted by molar-refractivity contribution is -0.145. The van der Waals surface area contributed by atoms with Gasteiger partial charge in [0.2, 0.25) is 0 Å². The van der Waals surface area contributed by atoms with E-state index in [1.165, 1.54) is 10.9 Å². The maximum atomic E-state index is 12.4. The van der Waals surface area contributed by atoms with E-state index in [9.17, 15) is 9.59 Å². The van der Waals surface area contributed by atoms with Crippen LogP contribution in [0.4, 0.5) is 0 Å². The molecule has 3 aromatic rings. The van der Waals surface area contributed by atoms with Crippen molar-refractivity contribution in [3.05, 3.63) is 55.4 Å². The standard InChI is InChI=1S/C17H16BrN3O3S/c1-2-15-20-12(9-25-15)8-24-16(22)5-6-21-10-19-14-4-3-11(18)7-13(14)17(21)23/h3-4,7,9-10H,2,5-6,8H2,1H3. The maximum Gasteiger partial charge on any atom is 0.307 e. The van der Waals surface area contributed by atoms with Gasteiger partial charge in [0.25, 0.3) is 5.56 Å². The van der Waals surface area contributed by atoms with Crippen molar-refractivity contribution >= 4 is 44.1 Å². The van der Waals surface area contributed by atoms with E-state index < -0.39 is 0 Å². The van der Waals surface area contributed by atoms with E-state index >= 15 is 0 Å². The first-order chi connectivity index (χ1) is 12.1. The van der Waals surface area contributed by atoms with Gasteiger partial charge < -0.3 is 4.74 Å². The number of esters is 1. The molecule has 8 heteroatoms. The smallest absolute Gasteiger partial charge is 0.307 e. The lowest BCUT2D eigenvalue weighted by Crippen LogP contribution is -2.22. The van der Waals surface area contributed by atoms with Gasteiger partial charge in [-0.2, -0.15) is 0 Å². The van der Waals surface area contributed by atoms with Crippen molar-refractivity contribution in [2.45, 2.75) is 32.9 Å². The minimum atomic E-state index is -0.368. The Bertz CT molecular complexity index is 967. The second-order valence-electron chi connectivity index (χ2n) is 5.40. The monoisotopic (exact) mass is 421 g/mol. The molecular formula is C17H16BrN3O3S. The normalized spacial score (nSPS) is 11.0. The third-order valence-corrected chi connectivity index (χ3v) is 5.16. The van der Waals surface area contributed by atoms with Crippen LogP contribution >= 0.6 is 27.3 Å². The summed E-state index contributed by atoms with van der Waals surface area (Å²) in [5.74, 6) is -0.368. The first-order valence-electron chi connectivity index (χ1n) is 7.80. The molecule has 0 N–H and O–H groups in total. The van der Waals surface area contributed by atoms with Crippen LogP contribution in [0.1, 0.15) is 24.0 Å². The van der Waals surface area contributed by atoms with Crippen molar-refractivity contribution in [3.8, 4) is 0 Å². The number of halogens is 1. The molecule has 0 bridgehead atoms. The summed E-state index contributed by atoms with van der Waals surface area (Å²) in [6.07, 6.45) is 2.43. The Kier molecular flexibility index (Phi) is 5.60. The number of rotatable bonds is 6. The minimum absolute atomic E-state index is 0.103. The molecule has 0 aliphatic rings. The minimum Gasteiger partial charge on any atom is -0.459 e. The van der Waals surface area contributed by atoms with Gasteiger partial charge in [-0.15, -0.1) is 11.3 Å². The van der Waals surface area contributed by atoms with E-state index in [-0.39, 0.29) is 31.1 Å². The van der Waals surface area contributed by atoms with Gasteiger partial charge in [-0.1, -0.05) is 22.9 Å². The van der Waals surface area contributed by atoms with Crippen LogP contribution in [0.25, 0.3) is 10.9 Å². The first-order valence-corrected chi connectivity index (χ1v) is 9.47. The number of thiazole rings is 1. The molecule has 0 fully saturated rings. The largest absolute Gasteiger partial charge is 0.459 e. The Morgan fingerprint density at radius 2 is 2.24 bits per heavy atom. The summed E-state index contributed by atoms with van der Waals surface area (Å²) in [7, 11) is 0. The van der Waals surface area contributed by atoms with Crippen LogP contribution in [0.3, 0.4) is 0 Å². The Balaban J connectivity index is 1.61. The van der Waals surface area contributed by atoms with E-state index in [1.54, 1.807) is 23.5 Å². The van der Waals surface area contributed by atoms with Crippen LogP contribution in [-0.2, 0) is 29.1 Å². The number of carbonyl (C=O) groups is 1. The molecule has 0 saturated heterocycles. The zero-order valence-corrected chi connectivity index (χ0v) is 16.0. The molecule has 2 heterocycles. The van der Waals surface area contributed by atoms with Gasteiger partial charge in [0.05, 0.1) is 34.4 Å². The van der Waals surface area contributed by atoms with Crippen LogP contribution in [0.15, 0.2) is 39.2 Å². The number of hydrogen-bond acceptors (Lipinski definition) is 6. The van der Waals surface area contributed by atoms with E-state index in [0.717, 1.165) is 21.6 Å². The average molecular weight is 422 g/mol. The Labute approximate surface area is 156 Å². The second kappa shape index (κ2) is 7.88. The molecule has 0 atom stereocenters. The van der Waals surface area contributed by atoms with Crippen LogP contribution < -0.4 is 5.56 Å². The van der Waals surface area contributed by atoms with Crippen LogP contribution in [0, 0.1) is 0 Å². The fourth-order valence-electron chi connectivity index (χ4n) is 2.31. The molecule has 1 aromatic carbocycles. The topological polar surface area (TPSA) is 74.1 Å². The van der Waals surface area contributed by atoms with E-state index in [4.69, 9.17) is 4.74 Å². The molecule has 0 saturated carbocycles. The van der Waals surface area contributed by atoms with Crippen molar-refractivity contribution < 1.29 is 9.53 Å². The van der Waals surface area contributed by atoms with Gasteiger partial charge in [0.15, 0.2) is 0 Å². The lowest BCUT2D eigenvalue weighted by atomic mass is 10.2. The molecule has 2 aromatic heterocycles. The Morgan fingerprint density at radius 1 is 1.40 bits per heavy atom. The maximum absolute atomic E-state index is 12.4. The van der Waals surface area contributed by atoms with E-state index in [1.807, 2.05) is 18.4 Å². The third kappa shape index (κ3) is 4.32. The fourth-order valence-corrected chi connectivity index (χ4v) is 3.40. The zero-order valence-electron chi connectivity index (χ0n) is 13.6. The summed E-state index contributed by atoms with van der Waals surface area (Å²) < 4.78 is 7.45. The van der Waals surface area contributed by atoms with Crippen molar-refractivity contribution in [1.82, 2.24) is 14.5 Å². The van der Waals surface area contributed by atoms with Crippen molar-refractivity contribution in [2.75, 3.05) is 0 Å². The molecule has 25 heavy (non-hydrogen) atoms. The summed E-state index contributed by atoms with van der Waals surface area (Å²) >= 11 is 4.90. The zero-order chi connectivity index (χ0) is 17.8. The molecule has 0 aliphatic carbocycles. The molecule has 0 spiro atoms. The highest BCUT2D eigenvalue weighted by Gasteiger charge is 2.09. The molecule has 3 rings (SSSR count). The molecule has 0 radical (unpaired) electrons. The number of ether oxygens (including phenoxy) is 1. The highest BCUT2D eigenvalue weighted by Crippen LogP contribution is 2.15. The Morgan fingerprint density at radius 3 is 3.00 bits per heavy atom. The molecule has 6 nitrogen and oxygen atoms in total. The first kappa shape index (κ1) is 17.8. The molecule has 130 valence electrons. The highest BCUT2D eigenvalue weighted by molar-refractivity contribution is 9.10. The van der Waals surface area contributed by atoms with E-state index in [2.05, 4.69) is 25.9 Å². The molecule has 0 amide bonds. The summed E-state index contributed by atoms with van der Waals surface area (Å²) in [6.45, 7) is 2.42. The number of aromatic nitrogens is 3. The van der Waals surface area contributed by atoms with E-state index in [0.29, 0.717) is 10.9 Å². The van der Waals surface area contributed by atoms with Crippen molar-refractivity contribution in [3.63, 3.8) is 0 Å². The number of carbonyl (C=O) groups excluding carboxylic acids is 1. The average Bonchev–Trinajstić information content (AvgIpc) is 3.08. The summed E-state index contributed by atoms with van der Waals surface area (Å²) in [5.41, 5.74) is 1.21. The highest BCUT2D eigenvalue weighted by atomic mass is 79.9. The predicted octanol–water partition coefficient (Wildman–Crippen LogP) is 3.31. The number of benzene rings is 1. The van der Waals surface area contributed by atoms with Gasteiger partial charge >= 0.3 is 5.97 Å². The van der Waals surface area contributed by atoms with Gasteiger partial charge in [0, 0.05) is 16.4 Å². The predicted molar refractivity (Wildman–Crippen MR) is 99.6 cm³/mol. The third-order valence-electron chi connectivity index (χ3n) is 3.63. The van der Waals surface area contributed by atoms with Crippen LogP contribution in [0.2, 0.25) is 0 Å². The van der Waals surface area contributed by atoms with Crippen LogP contribution in [0.5, 0.6) is 0 Å². The summed E-state index contributed by atoms with van der Waals surface area (Å²) in [4.78, 5) is 33.0. The molecule has 0 unspecified atom stereocenters. The fraction of sp³-hybridized carbons (Fsp3) is 0.294. The van der Waals surface area contributed by atoms with Gasteiger partial charge in [-0.3, -0.25) is 14.2 Å². The number of nitrogens with zero attached hydrogens (tertiary/aromatic N) is 3. The summed E-state index contributed by atoms with van der Waals surface area (Å²) in [5, 5.41) is 3.42. The van der Waals surface area contributed by atoms with Crippen molar-refractivity contribution in [1.29, 1.82) is 0 Å². The van der Waals surface area contributed by atoms with Crippen LogP contribution in [-0.4, -0.2) is 20.5 Å². The summed E-state index contributed by atoms with van der Waals surface area (Å²) in [6, 6.07) is 5.34. The number of fused-ring (bicyclic) bond motifs is 1. The molecular weight excluding hydrogens is 406 g/mol. The Hall–Kier alpha value is -2.06. The van der Waals surface area contributed by atoms with Gasteiger partial charge in [0.1, 0.15) is 6.61 Å². The quantitative estimate of drug-likeness (QED) is 0.570. The lowest BCUT2D eigenvalue weighted by Gasteiger charge is -2.07. The SMILES string of the molecule is CCc1nc(COC(=O)CCn2cnc3ccc(Br)cc3c2=O)cs1. The number of aryl methyl sites for hydroxylation is 2. The second-order valence-corrected chi connectivity index (χ2v) is 7.26. The van der Waals surface area contributed by atoms with Crippen molar-refractivity contribution in [2.24, 2.45) is 0 Å². The van der Waals surface area contributed by atoms with Gasteiger partial charge in [-0.25, -0.2) is 9.97 Å². The molecule has 0 aliphatic heterocycles.